The third-order valence-electron chi connectivity index (χ3n) is 4.61. The molecule has 0 saturated heterocycles. The van der Waals surface area contributed by atoms with E-state index in [2.05, 4.69) is 10.3 Å². The number of aryl methyl sites for hydroxylation is 1. The molecule has 0 spiro atoms. The van der Waals surface area contributed by atoms with Gasteiger partial charge in [-0.05, 0) is 36.6 Å². The predicted molar refractivity (Wildman–Crippen MR) is 112 cm³/mol. The van der Waals surface area contributed by atoms with Crippen molar-refractivity contribution in [3.8, 4) is 11.5 Å². The van der Waals surface area contributed by atoms with Gasteiger partial charge in [0, 0.05) is 6.54 Å². The third-order valence-corrected chi connectivity index (χ3v) is 5.80. The molecule has 0 atom stereocenters. The lowest BCUT2D eigenvalue weighted by Crippen LogP contribution is -2.33. The molecule has 0 saturated carbocycles. The summed E-state index contributed by atoms with van der Waals surface area (Å²) in [4.78, 5) is 40.8. The Labute approximate surface area is 175 Å². The van der Waals surface area contributed by atoms with Crippen LogP contribution >= 0.6 is 11.3 Å². The smallest absolute Gasteiger partial charge is 0.346 e. The zero-order chi connectivity index (χ0) is 21.8. The molecule has 9 nitrogen and oxygen atoms in total. The average molecular weight is 431 g/mol. The number of ether oxygens (including phenoxy) is 2. The van der Waals surface area contributed by atoms with Crippen LogP contribution in [-0.2, 0) is 17.8 Å². The lowest BCUT2D eigenvalue weighted by Gasteiger charge is -2.10. The molecule has 2 N–H and O–H groups in total. The van der Waals surface area contributed by atoms with Crippen LogP contribution in [0.1, 0.15) is 20.8 Å². The molecule has 3 aromatic rings. The fourth-order valence-corrected chi connectivity index (χ4v) is 4.05. The van der Waals surface area contributed by atoms with E-state index in [0.717, 1.165) is 16.9 Å². The molecule has 0 aliphatic carbocycles. The largest absolute Gasteiger partial charge is 0.493 e. The van der Waals surface area contributed by atoms with Crippen LogP contribution in [-0.4, -0.2) is 47.3 Å². The van der Waals surface area contributed by atoms with Crippen LogP contribution in [0.4, 0.5) is 0 Å². The minimum atomic E-state index is -1.10. The van der Waals surface area contributed by atoms with E-state index in [-0.39, 0.29) is 22.7 Å². The number of carboxylic acids is 1. The highest BCUT2D eigenvalue weighted by Gasteiger charge is 2.19. The fourth-order valence-electron chi connectivity index (χ4n) is 3.07. The van der Waals surface area contributed by atoms with E-state index in [1.807, 2.05) is 12.1 Å². The van der Waals surface area contributed by atoms with E-state index in [0.29, 0.717) is 34.9 Å². The Hall–Kier alpha value is -3.40. The molecule has 0 aliphatic heterocycles. The topological polar surface area (TPSA) is 120 Å². The molecule has 0 bridgehead atoms. The number of nitrogens with one attached hydrogen (secondary N) is 1. The van der Waals surface area contributed by atoms with E-state index in [1.54, 1.807) is 27.2 Å². The highest BCUT2D eigenvalue weighted by atomic mass is 32.1. The maximum absolute atomic E-state index is 12.7. The minimum Gasteiger partial charge on any atom is -0.493 e. The zero-order valence-corrected chi connectivity index (χ0v) is 17.5. The van der Waals surface area contributed by atoms with Crippen LogP contribution in [0.3, 0.4) is 0 Å². The first-order chi connectivity index (χ1) is 14.3. The quantitative estimate of drug-likeness (QED) is 0.558. The number of carbonyl (C=O) groups excluding carboxylic acids is 1. The van der Waals surface area contributed by atoms with Crippen LogP contribution in [0.2, 0.25) is 0 Å². The second kappa shape index (κ2) is 8.95. The summed E-state index contributed by atoms with van der Waals surface area (Å²) in [7, 11) is 3.12. The van der Waals surface area contributed by atoms with Gasteiger partial charge in [0.1, 0.15) is 16.3 Å². The normalized spacial score (nSPS) is 10.8. The summed E-state index contributed by atoms with van der Waals surface area (Å²) in [5.74, 6) is -0.208. The number of hydrogen-bond acceptors (Lipinski definition) is 7. The second-order valence-corrected chi connectivity index (χ2v) is 7.51. The number of carbonyl (C=O) groups is 2. The van der Waals surface area contributed by atoms with Crippen molar-refractivity contribution in [3.05, 3.63) is 50.9 Å². The van der Waals surface area contributed by atoms with E-state index < -0.39 is 11.5 Å². The van der Waals surface area contributed by atoms with Crippen LogP contribution in [0.5, 0.6) is 11.5 Å². The van der Waals surface area contributed by atoms with Crippen molar-refractivity contribution in [2.24, 2.45) is 0 Å². The van der Waals surface area contributed by atoms with Crippen LogP contribution < -0.4 is 20.3 Å². The molecule has 0 radical (unpaired) electrons. The van der Waals surface area contributed by atoms with Gasteiger partial charge in [0.05, 0.1) is 25.9 Å². The molecule has 0 aliphatic rings. The average Bonchev–Trinajstić information content (AvgIpc) is 3.07. The Balaban J connectivity index is 1.66. The molecule has 2 heterocycles. The zero-order valence-electron chi connectivity index (χ0n) is 16.7. The minimum absolute atomic E-state index is 0.0757. The maximum atomic E-state index is 12.7. The number of benzene rings is 1. The molecule has 0 fully saturated rings. The molecule has 10 heteroatoms. The van der Waals surface area contributed by atoms with Crippen molar-refractivity contribution < 1.29 is 24.2 Å². The summed E-state index contributed by atoms with van der Waals surface area (Å²) < 4.78 is 11.6. The highest BCUT2D eigenvalue weighted by molar-refractivity contribution is 7.20. The van der Waals surface area contributed by atoms with Gasteiger partial charge in [0.15, 0.2) is 11.5 Å². The first-order valence-corrected chi connectivity index (χ1v) is 9.86. The fraction of sp³-hybridized carbons (Fsp3) is 0.300. The molecule has 2 aromatic heterocycles. The van der Waals surface area contributed by atoms with Crippen molar-refractivity contribution in [2.75, 3.05) is 20.8 Å². The van der Waals surface area contributed by atoms with Gasteiger partial charge < -0.3 is 19.9 Å². The molecule has 3 rings (SSSR count). The lowest BCUT2D eigenvalue weighted by molar-refractivity contribution is -0.121. The van der Waals surface area contributed by atoms with Gasteiger partial charge in [-0.1, -0.05) is 6.07 Å². The predicted octanol–water partition coefficient (Wildman–Crippen LogP) is 1.84. The van der Waals surface area contributed by atoms with Crippen molar-refractivity contribution >= 4 is 33.4 Å². The summed E-state index contributed by atoms with van der Waals surface area (Å²) in [6.07, 6.45) is 1.84. The molecule has 158 valence electrons. The van der Waals surface area contributed by atoms with Gasteiger partial charge in [-0.2, -0.15) is 0 Å². The standard InChI is InChI=1S/C20H21N3O6S/c1-11-16-18(30-17(11)20(26)27)22-10-23(19(16)25)9-15(24)21-7-6-12-4-5-13(28-2)14(8-12)29-3/h4-5,8,10H,6-7,9H2,1-3H3,(H,21,24)(H,26,27). The highest BCUT2D eigenvalue weighted by Crippen LogP contribution is 2.28. The Morgan fingerprint density at radius 1 is 1.23 bits per heavy atom. The van der Waals surface area contributed by atoms with Gasteiger partial charge in [0.25, 0.3) is 5.56 Å². The molecule has 1 aromatic carbocycles. The van der Waals surface area contributed by atoms with Gasteiger partial charge in [-0.3, -0.25) is 14.2 Å². The second-order valence-electron chi connectivity index (χ2n) is 6.51. The van der Waals surface area contributed by atoms with Gasteiger partial charge >= 0.3 is 5.97 Å². The molecule has 0 unspecified atom stereocenters. The third kappa shape index (κ3) is 4.28. The Morgan fingerprint density at radius 3 is 2.63 bits per heavy atom. The first-order valence-electron chi connectivity index (χ1n) is 9.05. The molecular weight excluding hydrogens is 410 g/mol. The summed E-state index contributed by atoms with van der Waals surface area (Å²) >= 11 is 0.947. The Kier molecular flexibility index (Phi) is 6.36. The molecular formula is C20H21N3O6S. The SMILES string of the molecule is COc1ccc(CCNC(=O)Cn2cnc3sc(C(=O)O)c(C)c3c2=O)cc1OC. The van der Waals surface area contributed by atoms with Crippen molar-refractivity contribution in [1.29, 1.82) is 0 Å². The number of aromatic carboxylic acids is 1. The summed E-state index contributed by atoms with van der Waals surface area (Å²) in [6, 6.07) is 5.52. The van der Waals surface area contributed by atoms with Crippen LogP contribution in [0.25, 0.3) is 10.2 Å². The number of carboxylic acid groups (broad SMARTS) is 1. The number of nitrogens with zero attached hydrogens (tertiary/aromatic N) is 2. The number of rotatable bonds is 8. The summed E-state index contributed by atoms with van der Waals surface area (Å²) in [5.41, 5.74) is 0.891. The number of fused-ring (bicyclic) bond motifs is 1. The van der Waals surface area contributed by atoms with Crippen molar-refractivity contribution in [2.45, 2.75) is 19.9 Å². The van der Waals surface area contributed by atoms with E-state index in [4.69, 9.17) is 9.47 Å². The van der Waals surface area contributed by atoms with Gasteiger partial charge in [-0.15, -0.1) is 11.3 Å². The Bertz CT molecular complexity index is 1170. The Morgan fingerprint density at radius 2 is 1.97 bits per heavy atom. The monoisotopic (exact) mass is 431 g/mol. The van der Waals surface area contributed by atoms with Crippen LogP contribution in [0, 0.1) is 6.92 Å². The van der Waals surface area contributed by atoms with E-state index in [1.165, 1.54) is 10.9 Å². The number of hydrogen-bond donors (Lipinski definition) is 2. The van der Waals surface area contributed by atoms with Crippen molar-refractivity contribution in [3.63, 3.8) is 0 Å². The summed E-state index contributed by atoms with van der Waals surface area (Å²) in [5, 5.41) is 12.2. The maximum Gasteiger partial charge on any atom is 0.346 e. The van der Waals surface area contributed by atoms with Gasteiger partial charge in [0.2, 0.25) is 5.91 Å². The summed E-state index contributed by atoms with van der Waals surface area (Å²) in [6.45, 7) is 1.74. The number of thiophene rings is 1. The van der Waals surface area contributed by atoms with E-state index >= 15 is 0 Å². The first kappa shape index (κ1) is 21.3. The van der Waals surface area contributed by atoms with Crippen molar-refractivity contribution in [1.82, 2.24) is 14.9 Å². The van der Waals surface area contributed by atoms with Crippen LogP contribution in [0.15, 0.2) is 29.3 Å². The molecule has 1 amide bonds. The number of methoxy groups -OCH3 is 2. The number of amides is 1. The van der Waals surface area contributed by atoms with E-state index in [9.17, 15) is 19.5 Å². The molecule has 30 heavy (non-hydrogen) atoms. The van der Waals surface area contributed by atoms with Gasteiger partial charge in [-0.25, -0.2) is 9.78 Å². The lowest BCUT2D eigenvalue weighted by atomic mass is 10.1. The number of aromatic nitrogens is 2.